The molecule has 1 aliphatic carbocycles. The van der Waals surface area contributed by atoms with Crippen molar-refractivity contribution in [3.05, 3.63) is 128 Å². The number of pyridine rings is 2. The number of benzene rings is 3. The number of amides is 1. The molecule has 2 bridgehead atoms. The van der Waals surface area contributed by atoms with Crippen molar-refractivity contribution in [1.82, 2.24) is 29.2 Å². The van der Waals surface area contributed by atoms with Gasteiger partial charge in [0, 0.05) is 107 Å². The number of fused-ring (bicyclic) bond motifs is 11. The number of piperidine rings is 1. The van der Waals surface area contributed by atoms with E-state index >= 15 is 4.79 Å². The molecule has 1 unspecified atom stereocenters. The van der Waals surface area contributed by atoms with Gasteiger partial charge in [0.1, 0.15) is 23.5 Å². The Balaban J connectivity index is 0.000000204. The van der Waals surface area contributed by atoms with Gasteiger partial charge in [0.2, 0.25) is 12.0 Å². The molecule has 6 aromatic rings. The summed E-state index contributed by atoms with van der Waals surface area (Å²) in [5.41, 5.74) is -1.12. The number of aromatic hydroxyl groups is 1. The first-order valence-corrected chi connectivity index (χ1v) is 31.5. The summed E-state index contributed by atoms with van der Waals surface area (Å²) in [6.07, 6.45) is 5.94. The third-order valence-corrected chi connectivity index (χ3v) is 21.8. The molecule has 14 rings (SSSR count). The van der Waals surface area contributed by atoms with Crippen LogP contribution in [0.1, 0.15) is 111 Å². The fourth-order valence-corrected chi connectivity index (χ4v) is 17.9. The fourth-order valence-electron chi connectivity index (χ4n) is 17.9. The smallest absolute Gasteiger partial charge is 0.344 e. The van der Waals surface area contributed by atoms with Crippen molar-refractivity contribution in [2.75, 3.05) is 73.0 Å². The Morgan fingerprint density at radius 3 is 2.34 bits per heavy atom. The van der Waals surface area contributed by atoms with Crippen LogP contribution in [0.2, 0.25) is 0 Å². The van der Waals surface area contributed by atoms with Crippen LogP contribution in [0.25, 0.3) is 33.2 Å². The molecule has 3 aromatic carbocycles. The minimum absolute atomic E-state index is 0.104. The highest BCUT2D eigenvalue weighted by Gasteiger charge is 2.81. The number of carbonyl (C=O) groups excluding carboxylic acids is 5. The molecular weight excluding hydrogens is 1170 g/mol. The molecule has 10 heterocycles. The molecule has 3 aromatic heterocycles. The highest BCUT2D eigenvalue weighted by atomic mass is 16.6. The predicted molar refractivity (Wildman–Crippen MR) is 334 cm³/mol. The molecule has 5 N–H and O–H groups in total. The lowest BCUT2D eigenvalue weighted by atomic mass is 9.47. The summed E-state index contributed by atoms with van der Waals surface area (Å²) in [6, 6.07) is 17.0. The zero-order valence-corrected chi connectivity index (χ0v) is 52.9. The number of carbonyl (C=O) groups is 5. The summed E-state index contributed by atoms with van der Waals surface area (Å²) in [4.78, 5) is 98.4. The number of aromatic amines is 1. The largest absolute Gasteiger partial charge is 0.508 e. The van der Waals surface area contributed by atoms with Crippen molar-refractivity contribution < 1.29 is 68.1 Å². The molecule has 2 saturated heterocycles. The molecule has 1 amide bonds. The number of nitrogens with one attached hydrogen (secondary N) is 1. The Labute approximate surface area is 526 Å². The van der Waals surface area contributed by atoms with E-state index in [1.165, 1.54) is 33.2 Å². The number of nitrogens with zero attached hydrogens (tertiary/aromatic N) is 6. The minimum Gasteiger partial charge on any atom is -0.508 e. The Morgan fingerprint density at radius 1 is 0.879 bits per heavy atom. The van der Waals surface area contributed by atoms with Crippen LogP contribution in [0.15, 0.2) is 77.6 Å². The van der Waals surface area contributed by atoms with E-state index in [1.807, 2.05) is 75.3 Å². The van der Waals surface area contributed by atoms with Crippen LogP contribution in [0, 0.1) is 11.3 Å². The molecular formula is C69H79N7O15. The third-order valence-electron chi connectivity index (χ3n) is 21.8. The van der Waals surface area contributed by atoms with Gasteiger partial charge in [0.15, 0.2) is 11.7 Å². The SMILES string of the molecule is CC[C@@]1(O)C(=O)OCc2c1cc1n(c2=O)Cc2cc3c(CN(C)C)c(O)ccc3nc2-1.CC[C@]1(O)C[C@@H]2CN(CCc3c([nH]c4ccccc34)[C@@](C(=O)OC)(c3cc4c(cc3OC)N(C=O)[C@H]3[C@@](O)(C(=O)OC)[C@H](OC(C)=O)[C@]5(CC)C=CCN6CC[C@]43[C@@H]65)C2)C1. The summed E-state index contributed by atoms with van der Waals surface area (Å²) in [6.45, 7) is 10.6. The number of para-hydroxylation sites is 1. The summed E-state index contributed by atoms with van der Waals surface area (Å²) >= 11 is 0. The Bertz CT molecular complexity index is 4140. The second-order valence-electron chi connectivity index (χ2n) is 26.6. The van der Waals surface area contributed by atoms with Gasteiger partial charge in [-0.2, -0.15) is 0 Å². The van der Waals surface area contributed by atoms with E-state index in [1.54, 1.807) is 35.8 Å². The monoisotopic (exact) mass is 1250 g/mol. The maximum Gasteiger partial charge on any atom is 0.344 e. The quantitative estimate of drug-likeness (QED) is 0.0472. The van der Waals surface area contributed by atoms with Gasteiger partial charge in [-0.25, -0.2) is 14.6 Å². The van der Waals surface area contributed by atoms with E-state index in [4.69, 9.17) is 28.7 Å². The van der Waals surface area contributed by atoms with Gasteiger partial charge in [-0.1, -0.05) is 51.1 Å². The number of aromatic nitrogens is 3. The molecule has 7 aliphatic heterocycles. The third kappa shape index (κ3) is 8.75. The van der Waals surface area contributed by atoms with Gasteiger partial charge in [-0.05, 0) is 119 Å². The minimum atomic E-state index is -2.53. The van der Waals surface area contributed by atoms with Crippen LogP contribution < -0.4 is 15.2 Å². The van der Waals surface area contributed by atoms with Crippen molar-refractivity contribution in [3.8, 4) is 22.9 Å². The Kier molecular flexibility index (Phi) is 15.0. The molecule has 0 radical (unpaired) electrons. The van der Waals surface area contributed by atoms with E-state index in [-0.39, 0.29) is 36.7 Å². The average molecular weight is 1250 g/mol. The Morgan fingerprint density at radius 2 is 1.65 bits per heavy atom. The zero-order chi connectivity index (χ0) is 64.6. The first-order valence-electron chi connectivity index (χ1n) is 31.5. The van der Waals surface area contributed by atoms with E-state index < -0.39 is 75.1 Å². The average Bonchev–Trinajstić information content (AvgIpc) is 1.51. The molecule has 22 nitrogen and oxygen atoms in total. The number of ether oxygens (including phenoxy) is 5. The number of anilines is 1. The van der Waals surface area contributed by atoms with Crippen molar-refractivity contribution in [2.24, 2.45) is 11.3 Å². The molecule has 1 spiro atoms. The van der Waals surface area contributed by atoms with E-state index in [2.05, 4.69) is 20.9 Å². The van der Waals surface area contributed by atoms with Gasteiger partial charge in [-0.15, -0.1) is 0 Å². The first kappa shape index (κ1) is 61.8. The summed E-state index contributed by atoms with van der Waals surface area (Å²) in [5.74, 6) is -2.60. The second kappa shape index (κ2) is 22.1. The summed E-state index contributed by atoms with van der Waals surface area (Å²) < 4.78 is 30.4. The maximum atomic E-state index is 15.3. The first-order chi connectivity index (χ1) is 43.5. The van der Waals surface area contributed by atoms with Crippen LogP contribution >= 0.6 is 0 Å². The normalized spacial score (nSPS) is 30.6. The lowest BCUT2D eigenvalue weighted by Crippen LogP contribution is -2.81. The van der Waals surface area contributed by atoms with Gasteiger partial charge in [-0.3, -0.25) is 29.0 Å². The van der Waals surface area contributed by atoms with Crippen LogP contribution in [-0.4, -0.2) is 177 Å². The maximum absolute atomic E-state index is 15.3. The molecule has 11 atom stereocenters. The predicted octanol–water partition coefficient (Wildman–Crippen LogP) is 5.36. The molecule has 1 saturated carbocycles. The van der Waals surface area contributed by atoms with E-state index in [0.29, 0.717) is 141 Å². The Hall–Kier alpha value is -7.99. The molecule has 8 aliphatic rings. The zero-order valence-electron chi connectivity index (χ0n) is 52.9. The lowest BCUT2D eigenvalue weighted by molar-refractivity contribution is -0.228. The number of phenolic OH excluding ortho intramolecular Hbond substituents is 1. The highest BCUT2D eigenvalue weighted by molar-refractivity contribution is 5.97. The summed E-state index contributed by atoms with van der Waals surface area (Å²) in [7, 11) is 7.95. The number of hydrogen-bond donors (Lipinski definition) is 5. The van der Waals surface area contributed by atoms with Crippen molar-refractivity contribution in [3.63, 3.8) is 0 Å². The van der Waals surface area contributed by atoms with Gasteiger partial charge in [0.05, 0.1) is 67.7 Å². The summed E-state index contributed by atoms with van der Waals surface area (Å²) in [5, 5.41) is 48.4. The molecule has 22 heteroatoms. The second-order valence-corrected chi connectivity index (χ2v) is 26.6. The van der Waals surface area contributed by atoms with Gasteiger partial charge < -0.3 is 63.5 Å². The number of cyclic esters (lactones) is 1. The van der Waals surface area contributed by atoms with Crippen LogP contribution in [0.3, 0.4) is 0 Å². The van der Waals surface area contributed by atoms with E-state index in [9.17, 15) is 44.4 Å². The van der Waals surface area contributed by atoms with Gasteiger partial charge >= 0.3 is 23.9 Å². The van der Waals surface area contributed by atoms with Crippen molar-refractivity contribution >= 4 is 57.8 Å². The number of hydrogen-bond acceptors (Lipinski definition) is 19. The number of esters is 4. The van der Waals surface area contributed by atoms with Crippen LogP contribution in [-0.2, 0) is 85.5 Å². The van der Waals surface area contributed by atoms with Crippen molar-refractivity contribution in [1.29, 1.82) is 0 Å². The number of phenols is 1. The van der Waals surface area contributed by atoms with Crippen LogP contribution in [0.5, 0.6) is 11.5 Å². The van der Waals surface area contributed by atoms with Gasteiger partial charge in [0.25, 0.3) is 5.56 Å². The molecule has 91 heavy (non-hydrogen) atoms. The molecule has 3 fully saturated rings. The van der Waals surface area contributed by atoms with Crippen LogP contribution in [0.4, 0.5) is 5.69 Å². The standard InChI is InChI=1S/C46H56N4O10.C23H23N3O5/c1-7-42(55)22-28-23-45(40(53)58-5,36-30(14-18-48(24-28)25-42)29-12-9-10-13-33(29)47-36)32-20-31-34(21-35(32)57-4)50(26-51)38-44(31)16-19-49-17-11-15-43(8-2,37(44)49)39(60-27(3)52)46(38,56)41(54)59-6;1-4-23(30)16-8-18-20-12(9-26(18)21(28)15(16)11-31-22(23)29)7-13-14(10-25(2)3)19(27)6-5-17(13)24-20/h9-13,15,20-21,26,28,37-39,47,55-56H,7-8,14,16-19,22-25H2,1-6H3;5-8,27,30H,4,9-11H2,1-3H3/t28-,37-,38+,39+,42-,43+,44+,45-,46-;23-/m00/s1. The lowest BCUT2D eigenvalue weighted by Gasteiger charge is -2.63. The molecule has 480 valence electrons. The number of H-pyrrole nitrogens is 1. The highest BCUT2D eigenvalue weighted by Crippen LogP contribution is 2.68. The van der Waals surface area contributed by atoms with Crippen molar-refractivity contribution in [2.45, 2.75) is 138 Å². The number of methoxy groups -OCH3 is 3. The van der Waals surface area contributed by atoms with E-state index in [0.717, 1.165) is 33.0 Å². The topological polar surface area (TPSA) is 276 Å². The number of rotatable bonds is 11. The fraction of sp³-hybridized carbons (Fsp3) is 0.493. The number of aliphatic hydroxyl groups is 3.